The van der Waals surface area contributed by atoms with Crippen LogP contribution in [0.4, 0.5) is 0 Å². The third-order valence-electron chi connectivity index (χ3n) is 1.08. The normalized spacial score (nSPS) is 11.1. The molecule has 0 atom stereocenters. The molecule has 0 heterocycles. The summed E-state index contributed by atoms with van der Waals surface area (Å²) in [6.07, 6.45) is 3.96. The van der Waals surface area contributed by atoms with E-state index in [1.807, 2.05) is 0 Å². The predicted molar refractivity (Wildman–Crippen MR) is 54.7 cm³/mol. The minimum Gasteiger partial charge on any atom is -0.301 e. The molecule has 0 spiro atoms. The highest BCUT2D eigenvalue weighted by Crippen LogP contribution is 2.49. The number of nitrogens with zero attached hydrogens (tertiary/aromatic N) is 1. The van der Waals surface area contributed by atoms with E-state index in [1.54, 1.807) is 6.07 Å². The van der Waals surface area contributed by atoms with E-state index in [0.717, 1.165) is 11.9 Å². The first-order valence-electron chi connectivity index (χ1n) is 3.86. The lowest BCUT2D eigenvalue weighted by Crippen LogP contribution is -1.93. The third kappa shape index (κ3) is 5.50. The molecule has 76 valence electrons. The van der Waals surface area contributed by atoms with Crippen LogP contribution in [0.2, 0.25) is 0 Å². The van der Waals surface area contributed by atoms with Crippen LogP contribution in [0, 0.1) is 11.3 Å². The van der Waals surface area contributed by atoms with E-state index in [2.05, 4.69) is 13.2 Å². The molecule has 0 fully saturated rings. The maximum Gasteiger partial charge on any atom is 0.355 e. The van der Waals surface area contributed by atoms with Gasteiger partial charge in [0.15, 0.2) is 0 Å². The number of nitriles is 1. The van der Waals surface area contributed by atoms with Crippen LogP contribution >= 0.6 is 7.60 Å². The fourth-order valence-electron chi connectivity index (χ4n) is 0.561. The average Bonchev–Trinajstić information content (AvgIpc) is 2.21. The lowest BCUT2D eigenvalue weighted by molar-refractivity contribution is 0.246. The van der Waals surface area contributed by atoms with Gasteiger partial charge in [0.2, 0.25) is 0 Å². The van der Waals surface area contributed by atoms with Gasteiger partial charge in [0.05, 0.1) is 19.3 Å². The summed E-state index contributed by atoms with van der Waals surface area (Å²) >= 11 is 0. The fraction of sp³-hybridized carbons (Fsp3) is 0.222. The van der Waals surface area contributed by atoms with Gasteiger partial charge in [-0.05, 0) is 0 Å². The number of hydrogen-bond acceptors (Lipinski definition) is 4. The van der Waals surface area contributed by atoms with Crippen LogP contribution in [0.25, 0.3) is 0 Å². The van der Waals surface area contributed by atoms with Gasteiger partial charge < -0.3 is 9.05 Å². The van der Waals surface area contributed by atoms with E-state index in [9.17, 15) is 4.57 Å². The van der Waals surface area contributed by atoms with Crippen molar-refractivity contribution >= 4 is 7.60 Å². The molecule has 0 N–H and O–H groups in total. The smallest absolute Gasteiger partial charge is 0.301 e. The Labute approximate surface area is 83.7 Å². The lowest BCUT2D eigenvalue weighted by Gasteiger charge is -2.11. The van der Waals surface area contributed by atoms with Crippen molar-refractivity contribution in [2.45, 2.75) is 0 Å². The largest absolute Gasteiger partial charge is 0.355 e. The van der Waals surface area contributed by atoms with Gasteiger partial charge in [-0.2, -0.15) is 5.26 Å². The first-order valence-corrected chi connectivity index (χ1v) is 5.47. The molecule has 0 unspecified atom stereocenters. The second-order valence-corrected chi connectivity index (χ2v) is 4.05. The predicted octanol–water partition coefficient (Wildman–Crippen LogP) is 2.62. The summed E-state index contributed by atoms with van der Waals surface area (Å²) < 4.78 is 21.5. The molecule has 0 bridgehead atoms. The number of allylic oxidation sites excluding steroid dienone is 1. The Morgan fingerprint density at radius 3 is 2.14 bits per heavy atom. The van der Waals surface area contributed by atoms with Gasteiger partial charge >= 0.3 is 7.60 Å². The van der Waals surface area contributed by atoms with Gasteiger partial charge in [-0.15, -0.1) is 13.2 Å². The Bertz CT molecular complexity index is 288. The van der Waals surface area contributed by atoms with Gasteiger partial charge in [0, 0.05) is 11.9 Å². The summed E-state index contributed by atoms with van der Waals surface area (Å²) in [4.78, 5) is 0. The molecule has 0 aliphatic heterocycles. The molecule has 0 saturated carbocycles. The third-order valence-corrected chi connectivity index (χ3v) is 2.61. The molecule has 0 aromatic heterocycles. The van der Waals surface area contributed by atoms with E-state index in [4.69, 9.17) is 14.3 Å². The summed E-state index contributed by atoms with van der Waals surface area (Å²) in [6.45, 7) is 7.03. The van der Waals surface area contributed by atoms with Gasteiger partial charge in [-0.1, -0.05) is 12.2 Å². The SMILES string of the molecule is C=CCOP(=O)(/C=C/C#N)OCC=C. The summed E-state index contributed by atoms with van der Waals surface area (Å²) in [7, 11) is -3.31. The highest BCUT2D eigenvalue weighted by atomic mass is 31.2. The van der Waals surface area contributed by atoms with E-state index >= 15 is 0 Å². The highest BCUT2D eigenvalue weighted by molar-refractivity contribution is 7.57. The van der Waals surface area contributed by atoms with Crippen LogP contribution in [0.5, 0.6) is 0 Å². The number of rotatable bonds is 7. The van der Waals surface area contributed by atoms with Gasteiger partial charge in [-0.3, -0.25) is 4.57 Å². The molecule has 14 heavy (non-hydrogen) atoms. The van der Waals surface area contributed by atoms with Gasteiger partial charge in [0.25, 0.3) is 0 Å². The second-order valence-electron chi connectivity index (χ2n) is 2.15. The minimum atomic E-state index is -3.31. The van der Waals surface area contributed by atoms with Crippen LogP contribution in [0.15, 0.2) is 37.2 Å². The Balaban J connectivity index is 4.41. The van der Waals surface area contributed by atoms with Crippen LogP contribution in [-0.4, -0.2) is 13.2 Å². The van der Waals surface area contributed by atoms with Crippen LogP contribution in [0.1, 0.15) is 0 Å². The number of hydrogen-bond donors (Lipinski definition) is 0. The second kappa shape index (κ2) is 7.28. The van der Waals surface area contributed by atoms with E-state index in [1.165, 1.54) is 12.2 Å². The first kappa shape index (κ1) is 12.9. The molecule has 0 aromatic carbocycles. The molecular weight excluding hydrogens is 201 g/mol. The molecule has 0 rings (SSSR count). The van der Waals surface area contributed by atoms with Crippen molar-refractivity contribution in [3.05, 3.63) is 37.2 Å². The van der Waals surface area contributed by atoms with Crippen molar-refractivity contribution in [3.8, 4) is 6.07 Å². The average molecular weight is 213 g/mol. The molecule has 0 aliphatic carbocycles. The summed E-state index contributed by atoms with van der Waals surface area (Å²) in [5.41, 5.74) is 0. The van der Waals surface area contributed by atoms with Crippen LogP contribution < -0.4 is 0 Å². The summed E-state index contributed by atoms with van der Waals surface area (Å²) in [6, 6.07) is 1.71. The maximum absolute atomic E-state index is 11.7. The van der Waals surface area contributed by atoms with Crippen LogP contribution in [-0.2, 0) is 13.6 Å². The Morgan fingerprint density at radius 1 is 1.29 bits per heavy atom. The quantitative estimate of drug-likeness (QED) is 0.370. The molecule has 5 heteroatoms. The van der Waals surface area contributed by atoms with E-state index in [-0.39, 0.29) is 13.2 Å². The first-order chi connectivity index (χ1) is 6.68. The zero-order valence-electron chi connectivity index (χ0n) is 7.76. The van der Waals surface area contributed by atoms with Gasteiger partial charge in [0.1, 0.15) is 0 Å². The minimum absolute atomic E-state index is 0.101. The zero-order valence-corrected chi connectivity index (χ0v) is 8.65. The standard InChI is InChI=1S/C9H12NO3P/c1-3-7-12-14(11,9-5-6-10)13-8-4-2/h3-5,9H,1-2,7-8H2/b9-5+. The van der Waals surface area contributed by atoms with Crippen LogP contribution in [0.3, 0.4) is 0 Å². The Hall–Kier alpha value is -1.14. The van der Waals surface area contributed by atoms with Crippen molar-refractivity contribution in [1.82, 2.24) is 0 Å². The van der Waals surface area contributed by atoms with E-state index < -0.39 is 7.60 Å². The molecule has 0 radical (unpaired) electrons. The van der Waals surface area contributed by atoms with Crippen molar-refractivity contribution < 1.29 is 13.6 Å². The zero-order chi connectivity index (χ0) is 10.9. The highest BCUT2D eigenvalue weighted by Gasteiger charge is 2.18. The molecule has 0 amide bonds. The van der Waals surface area contributed by atoms with Crippen molar-refractivity contribution in [2.75, 3.05) is 13.2 Å². The Morgan fingerprint density at radius 2 is 1.79 bits per heavy atom. The summed E-state index contributed by atoms with van der Waals surface area (Å²) in [5, 5.41) is 8.27. The fourth-order valence-corrected chi connectivity index (χ4v) is 1.68. The van der Waals surface area contributed by atoms with Gasteiger partial charge in [-0.25, -0.2) is 0 Å². The molecule has 4 nitrogen and oxygen atoms in total. The van der Waals surface area contributed by atoms with Crippen molar-refractivity contribution in [1.29, 1.82) is 5.26 Å². The van der Waals surface area contributed by atoms with E-state index in [0.29, 0.717) is 0 Å². The van der Waals surface area contributed by atoms with Crippen molar-refractivity contribution in [2.24, 2.45) is 0 Å². The lowest BCUT2D eigenvalue weighted by atomic mass is 10.7. The molecule has 0 aromatic rings. The monoisotopic (exact) mass is 213 g/mol. The van der Waals surface area contributed by atoms with Crippen molar-refractivity contribution in [3.63, 3.8) is 0 Å². The summed E-state index contributed by atoms with van der Waals surface area (Å²) in [5.74, 6) is 1.11. The topological polar surface area (TPSA) is 59.3 Å². The Kier molecular flexibility index (Phi) is 6.69. The maximum atomic E-state index is 11.7. The molecule has 0 saturated heterocycles. The molecular formula is C9H12NO3P. The molecule has 0 aliphatic rings.